The number of allylic oxidation sites excluding steroid dienone is 1. The van der Waals surface area contributed by atoms with Crippen LogP contribution in [0.2, 0.25) is 0 Å². The number of rotatable bonds is 2. The highest BCUT2D eigenvalue weighted by molar-refractivity contribution is 5.88. The van der Waals surface area contributed by atoms with Crippen molar-refractivity contribution in [2.75, 3.05) is 6.61 Å². The van der Waals surface area contributed by atoms with E-state index < -0.39 is 0 Å². The van der Waals surface area contributed by atoms with Gasteiger partial charge in [-0.3, -0.25) is 0 Å². The third-order valence-corrected chi connectivity index (χ3v) is 3.32. The van der Waals surface area contributed by atoms with Crippen molar-refractivity contribution in [1.29, 1.82) is 0 Å². The van der Waals surface area contributed by atoms with Crippen molar-refractivity contribution in [2.45, 2.75) is 47.0 Å². The van der Waals surface area contributed by atoms with Crippen LogP contribution in [0.1, 0.15) is 47.0 Å². The van der Waals surface area contributed by atoms with E-state index in [0.717, 1.165) is 12.0 Å². The molecule has 1 fully saturated rings. The van der Waals surface area contributed by atoms with Gasteiger partial charge in [-0.2, -0.15) is 0 Å². The van der Waals surface area contributed by atoms with E-state index in [1.54, 1.807) is 0 Å². The van der Waals surface area contributed by atoms with Crippen molar-refractivity contribution in [3.63, 3.8) is 0 Å². The minimum absolute atomic E-state index is 0.131. The SMILES string of the molecule is CCOC(=O)/C(C)=C1\CC(C)CCC1C. The van der Waals surface area contributed by atoms with Gasteiger partial charge in [-0.25, -0.2) is 4.79 Å². The summed E-state index contributed by atoms with van der Waals surface area (Å²) in [6, 6.07) is 0. The Morgan fingerprint density at radius 2 is 2.07 bits per heavy atom. The Morgan fingerprint density at radius 3 is 2.67 bits per heavy atom. The van der Waals surface area contributed by atoms with Crippen LogP contribution in [0.5, 0.6) is 0 Å². The molecule has 2 heteroatoms. The van der Waals surface area contributed by atoms with Crippen molar-refractivity contribution in [1.82, 2.24) is 0 Å². The van der Waals surface area contributed by atoms with Gasteiger partial charge in [0.15, 0.2) is 0 Å². The van der Waals surface area contributed by atoms with Crippen LogP contribution in [-0.4, -0.2) is 12.6 Å². The van der Waals surface area contributed by atoms with Gasteiger partial charge in [0.25, 0.3) is 0 Å². The second kappa shape index (κ2) is 5.34. The quantitative estimate of drug-likeness (QED) is 0.516. The molecule has 2 atom stereocenters. The molecular weight excluding hydrogens is 188 g/mol. The first kappa shape index (κ1) is 12.3. The molecule has 0 heterocycles. The smallest absolute Gasteiger partial charge is 0.333 e. The molecule has 0 aromatic rings. The van der Waals surface area contributed by atoms with E-state index in [-0.39, 0.29) is 5.97 Å². The van der Waals surface area contributed by atoms with Gasteiger partial charge in [0.1, 0.15) is 0 Å². The van der Waals surface area contributed by atoms with E-state index in [0.29, 0.717) is 18.4 Å². The fraction of sp³-hybridized carbons (Fsp3) is 0.769. The molecule has 2 nitrogen and oxygen atoms in total. The first-order valence-electron chi connectivity index (χ1n) is 5.93. The highest BCUT2D eigenvalue weighted by Crippen LogP contribution is 2.34. The standard InChI is InChI=1S/C13H22O2/c1-5-15-13(14)11(4)12-8-9(2)6-7-10(12)3/h9-10H,5-8H2,1-4H3/b12-11+. The monoisotopic (exact) mass is 210 g/mol. The van der Waals surface area contributed by atoms with Gasteiger partial charge in [0.2, 0.25) is 0 Å². The molecule has 0 bridgehead atoms. The first-order valence-corrected chi connectivity index (χ1v) is 5.93. The minimum atomic E-state index is -0.131. The number of hydrogen-bond acceptors (Lipinski definition) is 2. The molecule has 1 rings (SSSR count). The lowest BCUT2D eigenvalue weighted by Crippen LogP contribution is -2.18. The molecule has 0 aromatic heterocycles. The highest BCUT2D eigenvalue weighted by atomic mass is 16.5. The summed E-state index contributed by atoms with van der Waals surface area (Å²) in [5, 5.41) is 0. The summed E-state index contributed by atoms with van der Waals surface area (Å²) in [4.78, 5) is 11.6. The summed E-state index contributed by atoms with van der Waals surface area (Å²) in [6.07, 6.45) is 3.54. The molecule has 1 aliphatic rings. The van der Waals surface area contributed by atoms with Crippen LogP contribution < -0.4 is 0 Å². The van der Waals surface area contributed by atoms with Gasteiger partial charge < -0.3 is 4.74 Å². The molecule has 0 amide bonds. The summed E-state index contributed by atoms with van der Waals surface area (Å²) in [5.41, 5.74) is 2.16. The van der Waals surface area contributed by atoms with Crippen LogP contribution >= 0.6 is 0 Å². The van der Waals surface area contributed by atoms with Crippen LogP contribution in [0, 0.1) is 11.8 Å². The zero-order chi connectivity index (χ0) is 11.4. The number of esters is 1. The molecule has 1 aliphatic carbocycles. The molecule has 0 aromatic carbocycles. The lowest BCUT2D eigenvalue weighted by atomic mass is 9.78. The van der Waals surface area contributed by atoms with Gasteiger partial charge >= 0.3 is 5.97 Å². The number of hydrogen-bond donors (Lipinski definition) is 0. The van der Waals surface area contributed by atoms with Gasteiger partial charge in [-0.15, -0.1) is 0 Å². The molecule has 0 saturated heterocycles. The topological polar surface area (TPSA) is 26.3 Å². The maximum atomic E-state index is 11.6. The van der Waals surface area contributed by atoms with Gasteiger partial charge in [0, 0.05) is 5.57 Å². The van der Waals surface area contributed by atoms with Crippen molar-refractivity contribution in [3.05, 3.63) is 11.1 Å². The maximum Gasteiger partial charge on any atom is 0.333 e. The number of ether oxygens (including phenoxy) is 1. The maximum absolute atomic E-state index is 11.6. The summed E-state index contributed by atoms with van der Waals surface area (Å²) in [5.74, 6) is 1.12. The Labute approximate surface area is 92.7 Å². The summed E-state index contributed by atoms with van der Waals surface area (Å²) >= 11 is 0. The summed E-state index contributed by atoms with van der Waals surface area (Å²) in [6.45, 7) is 8.69. The molecule has 0 aliphatic heterocycles. The van der Waals surface area contributed by atoms with Crippen LogP contribution in [-0.2, 0) is 9.53 Å². The predicted molar refractivity (Wildman–Crippen MR) is 61.5 cm³/mol. The molecule has 1 saturated carbocycles. The van der Waals surface area contributed by atoms with Crippen molar-refractivity contribution < 1.29 is 9.53 Å². The Morgan fingerprint density at radius 1 is 1.40 bits per heavy atom. The molecule has 0 spiro atoms. The minimum Gasteiger partial charge on any atom is -0.463 e. The highest BCUT2D eigenvalue weighted by Gasteiger charge is 2.23. The van der Waals surface area contributed by atoms with Gasteiger partial charge in [-0.1, -0.05) is 19.4 Å². The fourth-order valence-corrected chi connectivity index (χ4v) is 2.28. The van der Waals surface area contributed by atoms with Gasteiger partial charge in [-0.05, 0) is 44.9 Å². The number of carbonyl (C=O) groups excluding carboxylic acids is 1. The number of carbonyl (C=O) groups is 1. The molecule has 2 unspecified atom stereocenters. The third-order valence-electron chi connectivity index (χ3n) is 3.32. The van der Waals surface area contributed by atoms with E-state index in [2.05, 4.69) is 13.8 Å². The van der Waals surface area contributed by atoms with Crippen LogP contribution in [0.15, 0.2) is 11.1 Å². The van der Waals surface area contributed by atoms with E-state index in [9.17, 15) is 4.79 Å². The third kappa shape index (κ3) is 3.08. The molecule has 0 radical (unpaired) electrons. The molecule has 15 heavy (non-hydrogen) atoms. The average molecular weight is 210 g/mol. The largest absolute Gasteiger partial charge is 0.463 e. The van der Waals surface area contributed by atoms with Gasteiger partial charge in [0.05, 0.1) is 6.61 Å². The van der Waals surface area contributed by atoms with E-state index in [1.165, 1.54) is 18.4 Å². The van der Waals surface area contributed by atoms with Crippen molar-refractivity contribution in [2.24, 2.45) is 11.8 Å². The zero-order valence-electron chi connectivity index (χ0n) is 10.3. The Balaban J connectivity index is 2.80. The Hall–Kier alpha value is -0.790. The molecule has 86 valence electrons. The van der Waals surface area contributed by atoms with Crippen molar-refractivity contribution >= 4 is 5.97 Å². The fourth-order valence-electron chi connectivity index (χ4n) is 2.28. The second-order valence-corrected chi connectivity index (χ2v) is 4.66. The lowest BCUT2D eigenvalue weighted by molar-refractivity contribution is -0.138. The summed E-state index contributed by atoms with van der Waals surface area (Å²) < 4.78 is 5.04. The Kier molecular flexibility index (Phi) is 4.37. The van der Waals surface area contributed by atoms with Crippen LogP contribution in [0.4, 0.5) is 0 Å². The second-order valence-electron chi connectivity index (χ2n) is 4.66. The predicted octanol–water partition coefficient (Wildman–Crippen LogP) is 3.32. The molecule has 0 N–H and O–H groups in total. The normalized spacial score (nSPS) is 29.9. The van der Waals surface area contributed by atoms with Crippen LogP contribution in [0.25, 0.3) is 0 Å². The Bertz CT molecular complexity index is 266. The molecular formula is C13H22O2. The van der Waals surface area contributed by atoms with E-state index in [1.807, 2.05) is 13.8 Å². The first-order chi connectivity index (χ1) is 7.06. The zero-order valence-corrected chi connectivity index (χ0v) is 10.3. The lowest BCUT2D eigenvalue weighted by Gasteiger charge is -2.28. The summed E-state index contributed by atoms with van der Waals surface area (Å²) in [7, 11) is 0. The van der Waals surface area contributed by atoms with Crippen LogP contribution in [0.3, 0.4) is 0 Å². The van der Waals surface area contributed by atoms with E-state index >= 15 is 0 Å². The average Bonchev–Trinajstić information content (AvgIpc) is 2.21. The van der Waals surface area contributed by atoms with Crippen molar-refractivity contribution in [3.8, 4) is 0 Å². The van der Waals surface area contributed by atoms with E-state index in [4.69, 9.17) is 4.74 Å².